The summed E-state index contributed by atoms with van der Waals surface area (Å²) in [7, 11) is 0. The van der Waals surface area contributed by atoms with Crippen LogP contribution in [0.3, 0.4) is 0 Å². The monoisotopic (exact) mass is 856 g/mol. The smallest absolute Gasteiger partial charge is 0.137 e. The van der Waals surface area contributed by atoms with Gasteiger partial charge in [0.25, 0.3) is 0 Å². The molecular weight excluding hydrogens is 813 g/mol. The van der Waals surface area contributed by atoms with E-state index in [2.05, 4.69) is 265 Å². The molecule has 0 N–H and O–H groups in total. The summed E-state index contributed by atoms with van der Waals surface area (Å²) in [6.07, 6.45) is 0. The fourth-order valence-electron chi connectivity index (χ4n) is 9.66. The second kappa shape index (κ2) is 17.2. The largest absolute Gasteiger partial charge is 0.456 e. The molecule has 67 heavy (non-hydrogen) atoms. The highest BCUT2D eigenvalue weighted by atomic mass is 16.3. The van der Waals surface area contributed by atoms with Crippen LogP contribution in [0.5, 0.6) is 0 Å². The van der Waals surface area contributed by atoms with Crippen LogP contribution in [0.1, 0.15) is 0 Å². The standard InChI is InChI=1S/C64H44N2O/c1-5-18-46(19-6-1)58-44-61(49-34-38-53(39-35-49)66(51-26-11-4-12-27-51)62-30-17-23-45-22-13-14-28-55(45)62)59(47-20-7-2-8-21-47)43-60(58)48-32-36-52(37-33-48)65(50-24-9-3-10-25-50)54-40-41-57-56-29-15-16-31-63(56)67-64(57)42-54/h1-44H. The quantitative estimate of drug-likeness (QED) is 0.137. The summed E-state index contributed by atoms with van der Waals surface area (Å²) < 4.78 is 6.37. The molecule has 0 aliphatic carbocycles. The Labute approximate surface area is 390 Å². The second-order valence-corrected chi connectivity index (χ2v) is 16.9. The van der Waals surface area contributed by atoms with Crippen molar-refractivity contribution in [2.75, 3.05) is 9.80 Å². The number of para-hydroxylation sites is 3. The van der Waals surface area contributed by atoms with Gasteiger partial charge in [-0.1, -0.05) is 176 Å². The van der Waals surface area contributed by atoms with E-state index in [1.54, 1.807) is 0 Å². The molecule has 3 nitrogen and oxygen atoms in total. The lowest BCUT2D eigenvalue weighted by Gasteiger charge is -2.27. The number of fused-ring (bicyclic) bond motifs is 4. The zero-order chi connectivity index (χ0) is 44.5. The van der Waals surface area contributed by atoms with Gasteiger partial charge in [-0.3, -0.25) is 0 Å². The zero-order valence-corrected chi connectivity index (χ0v) is 36.7. The van der Waals surface area contributed by atoms with Gasteiger partial charge in [0.05, 0.1) is 5.69 Å². The Balaban J connectivity index is 0.981. The van der Waals surface area contributed by atoms with E-state index >= 15 is 0 Å². The SMILES string of the molecule is c1ccc(-c2cc(-c3ccc(N(c4ccccc4)c4cccc5ccccc45)cc3)c(-c3ccccc3)cc2-c2ccc(N(c3ccccc3)c3ccc4c(c3)oc3ccccc34)cc2)cc1. The molecule has 3 heteroatoms. The molecule has 0 spiro atoms. The first-order valence-electron chi connectivity index (χ1n) is 22.8. The van der Waals surface area contributed by atoms with E-state index in [4.69, 9.17) is 4.42 Å². The highest BCUT2D eigenvalue weighted by Crippen LogP contribution is 2.45. The summed E-state index contributed by atoms with van der Waals surface area (Å²) in [4.78, 5) is 4.67. The number of furan rings is 1. The summed E-state index contributed by atoms with van der Waals surface area (Å²) in [5.41, 5.74) is 17.5. The predicted molar refractivity (Wildman–Crippen MR) is 282 cm³/mol. The van der Waals surface area contributed by atoms with Gasteiger partial charge in [0.1, 0.15) is 11.2 Å². The lowest BCUT2D eigenvalue weighted by atomic mass is 9.85. The van der Waals surface area contributed by atoms with Crippen molar-refractivity contribution in [2.45, 2.75) is 0 Å². The number of rotatable bonds is 10. The molecule has 0 amide bonds. The number of anilines is 6. The van der Waals surface area contributed by atoms with Crippen LogP contribution in [0, 0.1) is 0 Å². The van der Waals surface area contributed by atoms with Crippen molar-refractivity contribution in [1.29, 1.82) is 0 Å². The van der Waals surface area contributed by atoms with Crippen molar-refractivity contribution in [2.24, 2.45) is 0 Å². The molecule has 12 aromatic rings. The first-order chi connectivity index (χ1) is 33.2. The van der Waals surface area contributed by atoms with Gasteiger partial charge in [0, 0.05) is 50.7 Å². The van der Waals surface area contributed by atoms with Crippen LogP contribution < -0.4 is 9.80 Å². The maximum absolute atomic E-state index is 6.37. The molecule has 0 radical (unpaired) electrons. The third-order valence-electron chi connectivity index (χ3n) is 12.9. The van der Waals surface area contributed by atoms with Crippen LogP contribution in [0.4, 0.5) is 34.1 Å². The fraction of sp³-hybridized carbons (Fsp3) is 0. The molecule has 0 fully saturated rings. The van der Waals surface area contributed by atoms with Crippen molar-refractivity contribution in [1.82, 2.24) is 0 Å². The van der Waals surface area contributed by atoms with Gasteiger partial charge in [0.2, 0.25) is 0 Å². The van der Waals surface area contributed by atoms with E-state index in [-0.39, 0.29) is 0 Å². The van der Waals surface area contributed by atoms with Crippen LogP contribution in [0.25, 0.3) is 77.2 Å². The summed E-state index contributed by atoms with van der Waals surface area (Å²) >= 11 is 0. The molecule has 1 heterocycles. The van der Waals surface area contributed by atoms with Crippen molar-refractivity contribution in [3.05, 3.63) is 267 Å². The second-order valence-electron chi connectivity index (χ2n) is 16.9. The number of benzene rings is 11. The molecule has 316 valence electrons. The number of hydrogen-bond donors (Lipinski definition) is 0. The van der Waals surface area contributed by atoms with E-state index in [0.717, 1.165) is 83.9 Å². The van der Waals surface area contributed by atoms with E-state index in [9.17, 15) is 0 Å². The summed E-state index contributed by atoms with van der Waals surface area (Å²) in [6.45, 7) is 0. The van der Waals surface area contributed by atoms with Crippen LogP contribution in [-0.2, 0) is 0 Å². The van der Waals surface area contributed by atoms with Crippen LogP contribution >= 0.6 is 0 Å². The lowest BCUT2D eigenvalue weighted by Crippen LogP contribution is -2.10. The summed E-state index contributed by atoms with van der Waals surface area (Å²) in [5.74, 6) is 0. The summed E-state index contributed by atoms with van der Waals surface area (Å²) in [5, 5.41) is 4.65. The van der Waals surface area contributed by atoms with Crippen LogP contribution in [0.15, 0.2) is 271 Å². The normalized spacial score (nSPS) is 11.3. The Morgan fingerprint density at radius 1 is 0.239 bits per heavy atom. The minimum absolute atomic E-state index is 0.866. The summed E-state index contributed by atoms with van der Waals surface area (Å²) in [6, 6.07) is 95.6. The van der Waals surface area contributed by atoms with Gasteiger partial charge in [-0.2, -0.15) is 0 Å². The molecule has 0 saturated carbocycles. The Hall–Kier alpha value is -8.92. The average molecular weight is 857 g/mol. The third-order valence-corrected chi connectivity index (χ3v) is 12.9. The lowest BCUT2D eigenvalue weighted by molar-refractivity contribution is 0.669. The van der Waals surface area contributed by atoms with E-state index in [1.807, 2.05) is 12.1 Å². The Morgan fingerprint density at radius 3 is 1.22 bits per heavy atom. The highest BCUT2D eigenvalue weighted by molar-refractivity contribution is 6.06. The van der Waals surface area contributed by atoms with Gasteiger partial charge in [0.15, 0.2) is 0 Å². The number of hydrogen-bond acceptors (Lipinski definition) is 3. The van der Waals surface area contributed by atoms with Gasteiger partial charge in [-0.05, 0) is 135 Å². The van der Waals surface area contributed by atoms with Crippen molar-refractivity contribution in [3.8, 4) is 44.5 Å². The molecule has 0 atom stereocenters. The van der Waals surface area contributed by atoms with Gasteiger partial charge >= 0.3 is 0 Å². The third kappa shape index (κ3) is 7.49. The van der Waals surface area contributed by atoms with E-state index in [0.29, 0.717) is 0 Å². The molecule has 11 aromatic carbocycles. The van der Waals surface area contributed by atoms with Crippen molar-refractivity contribution < 1.29 is 4.42 Å². The first kappa shape index (κ1) is 39.7. The highest BCUT2D eigenvalue weighted by Gasteiger charge is 2.20. The Kier molecular flexibility index (Phi) is 10.2. The van der Waals surface area contributed by atoms with E-state index < -0.39 is 0 Å². The maximum Gasteiger partial charge on any atom is 0.137 e. The molecule has 0 aliphatic heterocycles. The molecule has 0 aliphatic rings. The Bertz CT molecular complexity index is 3650. The van der Waals surface area contributed by atoms with Gasteiger partial charge in [-0.15, -0.1) is 0 Å². The molecule has 0 unspecified atom stereocenters. The molecular formula is C64H44N2O. The fourth-order valence-corrected chi connectivity index (χ4v) is 9.66. The van der Waals surface area contributed by atoms with Crippen molar-refractivity contribution in [3.63, 3.8) is 0 Å². The first-order valence-corrected chi connectivity index (χ1v) is 22.8. The van der Waals surface area contributed by atoms with Gasteiger partial charge in [-0.25, -0.2) is 0 Å². The average Bonchev–Trinajstić information content (AvgIpc) is 3.78. The van der Waals surface area contributed by atoms with Gasteiger partial charge < -0.3 is 14.2 Å². The Morgan fingerprint density at radius 2 is 0.642 bits per heavy atom. The number of nitrogens with zero attached hydrogens (tertiary/aromatic N) is 2. The molecule has 0 bridgehead atoms. The minimum Gasteiger partial charge on any atom is -0.456 e. The molecule has 0 saturated heterocycles. The maximum atomic E-state index is 6.37. The topological polar surface area (TPSA) is 19.6 Å². The zero-order valence-electron chi connectivity index (χ0n) is 36.7. The molecule has 1 aromatic heterocycles. The van der Waals surface area contributed by atoms with Crippen LogP contribution in [-0.4, -0.2) is 0 Å². The van der Waals surface area contributed by atoms with Crippen molar-refractivity contribution >= 4 is 66.8 Å². The molecule has 12 rings (SSSR count). The predicted octanol–water partition coefficient (Wildman–Crippen LogP) is 18.3. The van der Waals surface area contributed by atoms with Crippen LogP contribution in [0.2, 0.25) is 0 Å². The van der Waals surface area contributed by atoms with E-state index in [1.165, 1.54) is 27.5 Å². The minimum atomic E-state index is 0.866.